The van der Waals surface area contributed by atoms with E-state index in [2.05, 4.69) is 15.9 Å². The van der Waals surface area contributed by atoms with Gasteiger partial charge in [0.15, 0.2) is 6.29 Å². The molecule has 0 saturated carbocycles. The number of benzene rings is 2. The van der Waals surface area contributed by atoms with Gasteiger partial charge in [0.1, 0.15) is 5.82 Å². The lowest BCUT2D eigenvalue weighted by Gasteiger charge is -2.07. The Morgan fingerprint density at radius 2 is 1.81 bits per heavy atom. The van der Waals surface area contributed by atoms with Crippen LogP contribution in [-0.4, -0.2) is 6.29 Å². The Balaban J connectivity index is 2.66. The maximum absolute atomic E-state index is 13.2. The quantitative estimate of drug-likeness (QED) is 0.757. The highest BCUT2D eigenvalue weighted by Gasteiger charge is 2.08. The van der Waals surface area contributed by atoms with Crippen molar-refractivity contribution in [3.63, 3.8) is 0 Å². The summed E-state index contributed by atoms with van der Waals surface area (Å²) in [5, 5.41) is 0. The van der Waals surface area contributed by atoms with Crippen molar-refractivity contribution in [3.8, 4) is 11.1 Å². The normalized spacial score (nSPS) is 10.1. The molecule has 0 N–H and O–H groups in total. The smallest absolute Gasteiger partial charge is 0.150 e. The summed E-state index contributed by atoms with van der Waals surface area (Å²) >= 11 is 3.35. The van der Waals surface area contributed by atoms with E-state index in [0.717, 1.165) is 16.3 Å². The average Bonchev–Trinajstić information content (AvgIpc) is 2.32. The first-order valence-electron chi connectivity index (χ1n) is 4.72. The van der Waals surface area contributed by atoms with Crippen molar-refractivity contribution >= 4 is 22.2 Å². The van der Waals surface area contributed by atoms with Gasteiger partial charge in [-0.1, -0.05) is 40.2 Å². The van der Waals surface area contributed by atoms with Crippen LogP contribution in [0.1, 0.15) is 10.4 Å². The van der Waals surface area contributed by atoms with E-state index in [0.29, 0.717) is 11.1 Å². The Hall–Kier alpha value is -1.48. The SMILES string of the molecule is O=Cc1ccccc1-c1cc(F)ccc1Br. The molecule has 2 rings (SSSR count). The molecule has 0 bridgehead atoms. The molecular weight excluding hydrogens is 271 g/mol. The highest BCUT2D eigenvalue weighted by molar-refractivity contribution is 9.10. The van der Waals surface area contributed by atoms with E-state index < -0.39 is 0 Å². The first-order valence-corrected chi connectivity index (χ1v) is 5.51. The maximum Gasteiger partial charge on any atom is 0.150 e. The number of halogens is 2. The summed E-state index contributed by atoms with van der Waals surface area (Å²) < 4.78 is 13.9. The van der Waals surface area contributed by atoms with E-state index >= 15 is 0 Å². The zero-order valence-corrected chi connectivity index (χ0v) is 9.87. The first kappa shape index (κ1) is 11.0. The molecule has 2 aromatic carbocycles. The third-order valence-electron chi connectivity index (χ3n) is 2.31. The molecule has 2 aromatic rings. The van der Waals surface area contributed by atoms with Gasteiger partial charge in [-0.15, -0.1) is 0 Å². The fraction of sp³-hybridized carbons (Fsp3) is 0. The monoisotopic (exact) mass is 278 g/mol. The molecule has 0 heterocycles. The van der Waals surface area contributed by atoms with Crippen molar-refractivity contribution in [2.45, 2.75) is 0 Å². The van der Waals surface area contributed by atoms with Crippen molar-refractivity contribution in [1.82, 2.24) is 0 Å². The Labute approximate surface area is 101 Å². The van der Waals surface area contributed by atoms with E-state index in [1.165, 1.54) is 12.1 Å². The number of hydrogen-bond acceptors (Lipinski definition) is 1. The Kier molecular flexibility index (Phi) is 3.15. The van der Waals surface area contributed by atoms with Gasteiger partial charge >= 0.3 is 0 Å². The highest BCUT2D eigenvalue weighted by atomic mass is 79.9. The van der Waals surface area contributed by atoms with Crippen LogP contribution in [0.2, 0.25) is 0 Å². The largest absolute Gasteiger partial charge is 0.298 e. The second kappa shape index (κ2) is 4.58. The summed E-state index contributed by atoms with van der Waals surface area (Å²) in [6.45, 7) is 0. The predicted octanol–water partition coefficient (Wildman–Crippen LogP) is 4.07. The first-order chi connectivity index (χ1) is 7.72. The van der Waals surface area contributed by atoms with Crippen molar-refractivity contribution in [2.75, 3.05) is 0 Å². The molecule has 0 radical (unpaired) electrons. The summed E-state index contributed by atoms with van der Waals surface area (Å²) in [5.41, 5.74) is 1.96. The van der Waals surface area contributed by atoms with Gasteiger partial charge in [0.25, 0.3) is 0 Å². The molecule has 80 valence electrons. The summed E-state index contributed by atoms with van der Waals surface area (Å²) in [5.74, 6) is -0.320. The van der Waals surface area contributed by atoms with E-state index in [9.17, 15) is 9.18 Å². The van der Waals surface area contributed by atoms with Crippen LogP contribution in [0.15, 0.2) is 46.9 Å². The molecule has 0 aliphatic heterocycles. The van der Waals surface area contributed by atoms with Crippen LogP contribution in [0.3, 0.4) is 0 Å². The van der Waals surface area contributed by atoms with Crippen molar-refractivity contribution in [1.29, 1.82) is 0 Å². The van der Waals surface area contributed by atoms with Crippen LogP contribution < -0.4 is 0 Å². The molecule has 0 amide bonds. The fourth-order valence-electron chi connectivity index (χ4n) is 1.55. The molecule has 0 aliphatic rings. The molecule has 0 atom stereocenters. The highest BCUT2D eigenvalue weighted by Crippen LogP contribution is 2.30. The maximum atomic E-state index is 13.2. The van der Waals surface area contributed by atoms with Crippen LogP contribution in [0, 0.1) is 5.82 Å². The molecule has 0 fully saturated rings. The third kappa shape index (κ3) is 2.04. The zero-order chi connectivity index (χ0) is 11.5. The third-order valence-corrected chi connectivity index (χ3v) is 3.00. The summed E-state index contributed by atoms with van der Waals surface area (Å²) in [6.07, 6.45) is 0.771. The van der Waals surface area contributed by atoms with Crippen molar-refractivity contribution in [2.24, 2.45) is 0 Å². The fourth-order valence-corrected chi connectivity index (χ4v) is 2.01. The zero-order valence-electron chi connectivity index (χ0n) is 8.28. The van der Waals surface area contributed by atoms with Crippen molar-refractivity contribution < 1.29 is 9.18 Å². The van der Waals surface area contributed by atoms with E-state index in [-0.39, 0.29) is 5.82 Å². The van der Waals surface area contributed by atoms with Crippen LogP contribution in [0.25, 0.3) is 11.1 Å². The Morgan fingerprint density at radius 3 is 2.56 bits per heavy atom. The van der Waals surface area contributed by atoms with Gasteiger partial charge in [-0.25, -0.2) is 4.39 Å². The molecule has 0 aromatic heterocycles. The van der Waals surface area contributed by atoms with Gasteiger partial charge in [-0.05, 0) is 29.3 Å². The lowest BCUT2D eigenvalue weighted by Crippen LogP contribution is -1.89. The molecule has 16 heavy (non-hydrogen) atoms. The lowest BCUT2D eigenvalue weighted by molar-refractivity contribution is 0.112. The molecular formula is C13H8BrFO. The minimum atomic E-state index is -0.320. The number of aldehydes is 1. The number of carbonyl (C=O) groups is 1. The van der Waals surface area contributed by atoms with E-state index in [1.807, 2.05) is 6.07 Å². The minimum Gasteiger partial charge on any atom is -0.298 e. The molecule has 0 spiro atoms. The Morgan fingerprint density at radius 1 is 1.06 bits per heavy atom. The summed E-state index contributed by atoms with van der Waals surface area (Å²) in [6, 6.07) is 11.5. The average molecular weight is 279 g/mol. The van der Waals surface area contributed by atoms with Gasteiger partial charge in [-0.2, -0.15) is 0 Å². The molecule has 0 unspecified atom stereocenters. The Bertz CT molecular complexity index is 537. The summed E-state index contributed by atoms with van der Waals surface area (Å²) in [7, 11) is 0. The standard InChI is InChI=1S/C13H8BrFO/c14-13-6-5-10(15)7-12(13)11-4-2-1-3-9(11)8-16/h1-8H. The van der Waals surface area contributed by atoms with Gasteiger partial charge in [0.2, 0.25) is 0 Å². The van der Waals surface area contributed by atoms with Gasteiger partial charge in [-0.3, -0.25) is 4.79 Å². The second-order valence-electron chi connectivity index (χ2n) is 3.33. The van der Waals surface area contributed by atoms with Crippen molar-refractivity contribution in [3.05, 3.63) is 58.3 Å². The van der Waals surface area contributed by atoms with Crippen LogP contribution >= 0.6 is 15.9 Å². The molecule has 0 aliphatic carbocycles. The predicted molar refractivity (Wildman–Crippen MR) is 64.9 cm³/mol. The topological polar surface area (TPSA) is 17.1 Å². The molecule has 1 nitrogen and oxygen atoms in total. The van der Waals surface area contributed by atoms with E-state index in [4.69, 9.17) is 0 Å². The number of hydrogen-bond donors (Lipinski definition) is 0. The van der Waals surface area contributed by atoms with Gasteiger partial charge in [0, 0.05) is 10.0 Å². The van der Waals surface area contributed by atoms with Crippen LogP contribution in [0.5, 0.6) is 0 Å². The van der Waals surface area contributed by atoms with Gasteiger partial charge in [0.05, 0.1) is 0 Å². The summed E-state index contributed by atoms with van der Waals surface area (Å²) in [4.78, 5) is 10.9. The van der Waals surface area contributed by atoms with E-state index in [1.54, 1.807) is 24.3 Å². The molecule has 0 saturated heterocycles. The van der Waals surface area contributed by atoms with Gasteiger partial charge < -0.3 is 0 Å². The lowest BCUT2D eigenvalue weighted by atomic mass is 10.0. The molecule has 3 heteroatoms. The van der Waals surface area contributed by atoms with Crippen LogP contribution in [0.4, 0.5) is 4.39 Å². The van der Waals surface area contributed by atoms with Crippen LogP contribution in [-0.2, 0) is 0 Å². The second-order valence-corrected chi connectivity index (χ2v) is 4.18. The minimum absolute atomic E-state index is 0.320. The number of rotatable bonds is 2. The number of carbonyl (C=O) groups excluding carboxylic acids is 1.